The van der Waals surface area contributed by atoms with E-state index in [1.165, 1.54) is 11.3 Å². The molecule has 5 aliphatic rings. The maximum Gasteiger partial charge on any atom is 0.238 e. The number of imide groups is 1. The molecule has 0 radical (unpaired) electrons. The lowest BCUT2D eigenvalue weighted by atomic mass is 9.63. The van der Waals surface area contributed by atoms with E-state index >= 15 is 0 Å². The van der Waals surface area contributed by atoms with E-state index in [4.69, 9.17) is 4.74 Å². The van der Waals surface area contributed by atoms with E-state index in [2.05, 4.69) is 51.1 Å². The van der Waals surface area contributed by atoms with E-state index in [-0.39, 0.29) is 35.5 Å². The van der Waals surface area contributed by atoms with Crippen LogP contribution in [-0.4, -0.2) is 11.8 Å². The molecule has 2 aromatic rings. The Hall–Kier alpha value is -2.88. The van der Waals surface area contributed by atoms with Gasteiger partial charge in [0.15, 0.2) is 0 Å². The number of ether oxygens (including phenoxy) is 1. The second kappa shape index (κ2) is 6.56. The molecule has 2 bridgehead atoms. The number of carbonyl (C=O) groups is 2. The number of allylic oxidation sites excluding steroid dienone is 2. The number of anilines is 1. The fourth-order valence-electron chi connectivity index (χ4n) is 6.21. The van der Waals surface area contributed by atoms with Crippen molar-refractivity contribution in [3.05, 3.63) is 65.7 Å². The van der Waals surface area contributed by atoms with Gasteiger partial charge in [-0.3, -0.25) is 14.5 Å². The van der Waals surface area contributed by atoms with E-state index < -0.39 is 0 Å². The van der Waals surface area contributed by atoms with Crippen molar-refractivity contribution in [2.75, 3.05) is 4.90 Å². The summed E-state index contributed by atoms with van der Waals surface area (Å²) < 4.78 is 6.18. The lowest BCUT2D eigenvalue weighted by molar-refractivity contribution is -0.124. The van der Waals surface area contributed by atoms with Gasteiger partial charge in [0, 0.05) is 0 Å². The highest BCUT2D eigenvalue weighted by atomic mass is 16.5. The van der Waals surface area contributed by atoms with Crippen LogP contribution in [0.5, 0.6) is 11.5 Å². The predicted molar refractivity (Wildman–Crippen MR) is 119 cm³/mol. The Morgan fingerprint density at radius 1 is 0.903 bits per heavy atom. The molecule has 6 atom stereocenters. The third-order valence-electron chi connectivity index (χ3n) is 7.78. The molecule has 31 heavy (non-hydrogen) atoms. The van der Waals surface area contributed by atoms with E-state index in [0.717, 1.165) is 16.9 Å². The van der Waals surface area contributed by atoms with E-state index in [9.17, 15) is 9.59 Å². The average Bonchev–Trinajstić information content (AvgIpc) is 3.52. The van der Waals surface area contributed by atoms with Gasteiger partial charge in [-0.1, -0.05) is 38.1 Å². The minimum Gasteiger partial charge on any atom is -0.457 e. The Bertz CT molecular complexity index is 1080. The summed E-state index contributed by atoms with van der Waals surface area (Å²) in [6.07, 6.45) is 5.60. The maximum absolute atomic E-state index is 13.3. The van der Waals surface area contributed by atoms with Gasteiger partial charge in [-0.05, 0) is 84.4 Å². The molecule has 0 N–H and O–H groups in total. The topological polar surface area (TPSA) is 46.6 Å². The van der Waals surface area contributed by atoms with Crippen LogP contribution in [0.1, 0.15) is 37.3 Å². The smallest absolute Gasteiger partial charge is 0.238 e. The van der Waals surface area contributed by atoms with Crippen LogP contribution in [0.25, 0.3) is 0 Å². The zero-order chi connectivity index (χ0) is 21.4. The quantitative estimate of drug-likeness (QED) is 0.493. The molecular formula is C27H27NO3. The largest absolute Gasteiger partial charge is 0.457 e. The van der Waals surface area contributed by atoms with Crippen molar-refractivity contribution in [1.29, 1.82) is 0 Å². The highest BCUT2D eigenvalue weighted by molar-refractivity contribution is 6.22. The predicted octanol–water partition coefficient (Wildman–Crippen LogP) is 5.47. The van der Waals surface area contributed by atoms with Gasteiger partial charge in [-0.25, -0.2) is 0 Å². The van der Waals surface area contributed by atoms with Crippen LogP contribution in [0.3, 0.4) is 0 Å². The standard InChI is InChI=1S/C27H27NO3/c1-14(2)18-9-4-15(3)12-23(18)31-17-7-5-16(6-8-17)28-26(29)24-19-10-11-20(22-13-21(19)22)25(24)27(28)30/h4-12,14,19-22,24-25H,13H2,1-3H3/t19-,20-,21-,22-,24-,25-/m1/s1. The number of carbonyl (C=O) groups excluding carboxylic acids is 2. The minimum absolute atomic E-state index is 0.0193. The van der Waals surface area contributed by atoms with Crippen LogP contribution >= 0.6 is 0 Å². The molecule has 7 rings (SSSR count). The van der Waals surface area contributed by atoms with E-state index in [1.54, 1.807) is 0 Å². The summed E-state index contributed by atoms with van der Waals surface area (Å²) in [5.41, 5.74) is 2.96. The van der Waals surface area contributed by atoms with Crippen molar-refractivity contribution in [3.63, 3.8) is 0 Å². The second-order valence-electron chi connectivity index (χ2n) is 9.96. The van der Waals surface area contributed by atoms with Gasteiger partial charge in [0.2, 0.25) is 11.8 Å². The van der Waals surface area contributed by atoms with Crippen molar-refractivity contribution in [1.82, 2.24) is 0 Å². The Morgan fingerprint density at radius 2 is 1.52 bits per heavy atom. The molecular weight excluding hydrogens is 386 g/mol. The highest BCUT2D eigenvalue weighted by Gasteiger charge is 2.67. The third kappa shape index (κ3) is 2.73. The normalized spacial score (nSPS) is 32.5. The Kier molecular flexibility index (Phi) is 3.99. The van der Waals surface area contributed by atoms with Crippen molar-refractivity contribution >= 4 is 17.5 Å². The van der Waals surface area contributed by atoms with Crippen molar-refractivity contribution < 1.29 is 14.3 Å². The highest BCUT2D eigenvalue weighted by Crippen LogP contribution is 2.65. The van der Waals surface area contributed by atoms with Gasteiger partial charge in [-0.15, -0.1) is 0 Å². The summed E-state index contributed by atoms with van der Waals surface area (Å²) in [7, 11) is 0. The van der Waals surface area contributed by atoms with E-state index in [1.807, 2.05) is 24.3 Å². The average molecular weight is 414 g/mol. The summed E-state index contributed by atoms with van der Waals surface area (Å²) in [6.45, 7) is 6.35. The van der Waals surface area contributed by atoms with Crippen LogP contribution in [0.4, 0.5) is 5.69 Å². The Balaban J connectivity index is 1.26. The summed E-state index contributed by atoms with van der Waals surface area (Å²) >= 11 is 0. The molecule has 4 aliphatic carbocycles. The summed E-state index contributed by atoms with van der Waals surface area (Å²) in [5.74, 6) is 3.28. The molecule has 158 valence electrons. The van der Waals surface area contributed by atoms with E-state index in [0.29, 0.717) is 29.2 Å². The maximum atomic E-state index is 13.3. The number of benzene rings is 2. The molecule has 1 saturated heterocycles. The molecule has 2 amide bonds. The van der Waals surface area contributed by atoms with Gasteiger partial charge in [0.05, 0.1) is 17.5 Å². The molecule has 0 spiro atoms. The zero-order valence-electron chi connectivity index (χ0n) is 18.1. The van der Waals surface area contributed by atoms with Crippen molar-refractivity contribution in [2.24, 2.45) is 35.5 Å². The van der Waals surface area contributed by atoms with Crippen LogP contribution in [0.15, 0.2) is 54.6 Å². The fraction of sp³-hybridized carbons (Fsp3) is 0.407. The van der Waals surface area contributed by atoms with Crippen LogP contribution in [0, 0.1) is 42.4 Å². The molecule has 1 heterocycles. The molecule has 4 nitrogen and oxygen atoms in total. The van der Waals surface area contributed by atoms with Crippen molar-refractivity contribution in [3.8, 4) is 11.5 Å². The second-order valence-corrected chi connectivity index (χ2v) is 9.96. The third-order valence-corrected chi connectivity index (χ3v) is 7.78. The number of rotatable bonds is 4. The van der Waals surface area contributed by atoms with Gasteiger partial charge in [0.25, 0.3) is 0 Å². The summed E-state index contributed by atoms with van der Waals surface area (Å²) in [4.78, 5) is 28.0. The fourth-order valence-corrected chi connectivity index (χ4v) is 6.21. The lowest BCUT2D eigenvalue weighted by Crippen LogP contribution is -2.40. The molecule has 2 aromatic carbocycles. The zero-order valence-corrected chi connectivity index (χ0v) is 18.1. The lowest BCUT2D eigenvalue weighted by Gasteiger charge is -2.37. The number of hydrogen-bond acceptors (Lipinski definition) is 3. The number of nitrogens with zero attached hydrogens (tertiary/aromatic N) is 1. The van der Waals surface area contributed by atoms with Gasteiger partial charge in [0.1, 0.15) is 11.5 Å². The van der Waals surface area contributed by atoms with Crippen LogP contribution in [0.2, 0.25) is 0 Å². The molecule has 4 heteroatoms. The summed E-state index contributed by atoms with van der Waals surface area (Å²) in [5, 5.41) is 0. The Morgan fingerprint density at radius 3 is 2.10 bits per heavy atom. The first kappa shape index (κ1) is 18.9. The first-order chi connectivity index (χ1) is 14.9. The minimum atomic E-state index is -0.164. The van der Waals surface area contributed by atoms with Gasteiger partial charge in [-0.2, -0.15) is 0 Å². The first-order valence-electron chi connectivity index (χ1n) is 11.4. The molecule has 0 aromatic heterocycles. The monoisotopic (exact) mass is 413 g/mol. The van der Waals surface area contributed by atoms with Crippen LogP contribution in [-0.2, 0) is 9.59 Å². The summed E-state index contributed by atoms with van der Waals surface area (Å²) in [6, 6.07) is 13.6. The van der Waals surface area contributed by atoms with Crippen LogP contribution < -0.4 is 9.64 Å². The number of amides is 2. The van der Waals surface area contributed by atoms with Gasteiger partial charge < -0.3 is 4.74 Å². The molecule has 3 fully saturated rings. The SMILES string of the molecule is Cc1ccc(C(C)C)c(Oc2ccc(N3C(=O)[C@@H]4[C@@H]5C=C[C@H]([C@H]6C[C@H]56)[C@H]4C3=O)cc2)c1. The number of hydrogen-bond donors (Lipinski definition) is 0. The van der Waals surface area contributed by atoms with Crippen molar-refractivity contribution in [2.45, 2.75) is 33.1 Å². The number of aryl methyl sites for hydroxylation is 1. The Labute approximate surface area is 182 Å². The molecule has 2 saturated carbocycles. The molecule has 1 aliphatic heterocycles. The first-order valence-corrected chi connectivity index (χ1v) is 11.4. The molecule has 0 unspecified atom stereocenters. The van der Waals surface area contributed by atoms with Gasteiger partial charge >= 0.3 is 0 Å².